The highest BCUT2D eigenvalue weighted by molar-refractivity contribution is 7.13. The second kappa shape index (κ2) is 7.62. The van der Waals surface area contributed by atoms with Gasteiger partial charge in [-0.15, -0.1) is 11.3 Å². The second-order valence-corrected chi connectivity index (χ2v) is 7.07. The molecule has 0 radical (unpaired) electrons. The molecule has 0 unspecified atom stereocenters. The zero-order valence-electron chi connectivity index (χ0n) is 14.6. The average Bonchev–Trinajstić information content (AvgIpc) is 3.37. The number of thiophene rings is 1. The molecule has 4 nitrogen and oxygen atoms in total. The summed E-state index contributed by atoms with van der Waals surface area (Å²) in [5, 5.41) is 1.94. The first-order valence-electron chi connectivity index (χ1n) is 8.54. The molecule has 138 valence electrons. The van der Waals surface area contributed by atoms with Crippen LogP contribution in [0.25, 0.3) is 22.3 Å². The molecule has 2 aromatic heterocycles. The molecule has 4 aromatic rings. The van der Waals surface area contributed by atoms with Gasteiger partial charge in [0.25, 0.3) is 0 Å². The Morgan fingerprint density at radius 3 is 2.64 bits per heavy atom. The van der Waals surface area contributed by atoms with E-state index in [1.807, 2.05) is 17.5 Å². The topological polar surface area (TPSA) is 54.9 Å². The standard InChI is InChI=1S/C22H15FN2O2S/c23-17-9-6-15(7-10-17)8-11-20(26)16-3-1-4-18(13-16)25-14-19(24-22(25)27)21-5-2-12-28-21/h1-14H,(H,24,27). The van der Waals surface area contributed by atoms with Gasteiger partial charge in [0.15, 0.2) is 5.78 Å². The molecule has 1 N–H and O–H groups in total. The van der Waals surface area contributed by atoms with Crippen molar-refractivity contribution in [2.24, 2.45) is 0 Å². The summed E-state index contributed by atoms with van der Waals surface area (Å²) in [6.07, 6.45) is 4.79. The van der Waals surface area contributed by atoms with Gasteiger partial charge in [-0.1, -0.05) is 36.4 Å². The Morgan fingerprint density at radius 2 is 1.89 bits per heavy atom. The summed E-state index contributed by atoms with van der Waals surface area (Å²) in [5.41, 5.74) is 2.25. The molecule has 28 heavy (non-hydrogen) atoms. The minimum Gasteiger partial charge on any atom is -0.305 e. The first-order chi connectivity index (χ1) is 13.6. The SMILES string of the molecule is O=C(C=Cc1ccc(F)cc1)c1cccc(-n2cc(-c3cccs3)[nH]c2=O)c1. The number of rotatable bonds is 5. The fourth-order valence-electron chi connectivity index (χ4n) is 2.80. The summed E-state index contributed by atoms with van der Waals surface area (Å²) < 4.78 is 14.4. The maximum atomic E-state index is 13.0. The number of nitrogens with one attached hydrogen (secondary N) is 1. The highest BCUT2D eigenvalue weighted by Crippen LogP contribution is 2.22. The van der Waals surface area contributed by atoms with Crippen LogP contribution in [-0.2, 0) is 0 Å². The molecular weight excluding hydrogens is 375 g/mol. The van der Waals surface area contributed by atoms with Crippen LogP contribution in [0.15, 0.2) is 83.1 Å². The van der Waals surface area contributed by atoms with Crippen LogP contribution in [0, 0.1) is 5.82 Å². The van der Waals surface area contributed by atoms with Crippen molar-refractivity contribution in [1.82, 2.24) is 9.55 Å². The van der Waals surface area contributed by atoms with Crippen molar-refractivity contribution in [2.45, 2.75) is 0 Å². The number of ketones is 1. The van der Waals surface area contributed by atoms with Crippen molar-refractivity contribution >= 4 is 23.2 Å². The molecule has 0 amide bonds. The van der Waals surface area contributed by atoms with Gasteiger partial charge in [-0.05, 0) is 47.4 Å². The molecule has 0 aliphatic rings. The lowest BCUT2D eigenvalue weighted by Crippen LogP contribution is -2.14. The number of allylic oxidation sites excluding steroid dienone is 1. The van der Waals surface area contributed by atoms with E-state index < -0.39 is 0 Å². The summed E-state index contributed by atoms with van der Waals surface area (Å²) in [6, 6.07) is 16.6. The minimum atomic E-state index is -0.324. The molecule has 2 heterocycles. The fourth-order valence-corrected chi connectivity index (χ4v) is 3.49. The van der Waals surface area contributed by atoms with E-state index in [9.17, 15) is 14.0 Å². The van der Waals surface area contributed by atoms with Crippen LogP contribution < -0.4 is 5.69 Å². The summed E-state index contributed by atoms with van der Waals surface area (Å²) in [5.74, 6) is -0.525. The number of hydrogen-bond donors (Lipinski definition) is 1. The van der Waals surface area contributed by atoms with Gasteiger partial charge in [0.1, 0.15) is 5.82 Å². The lowest BCUT2D eigenvalue weighted by molar-refractivity contribution is 0.104. The molecule has 0 saturated heterocycles. The Hall–Kier alpha value is -3.51. The number of halogens is 1. The number of hydrogen-bond acceptors (Lipinski definition) is 3. The molecule has 6 heteroatoms. The van der Waals surface area contributed by atoms with Crippen molar-refractivity contribution in [2.75, 3.05) is 0 Å². The molecular formula is C22H15FN2O2S. The minimum absolute atomic E-state index is 0.201. The quantitative estimate of drug-likeness (QED) is 0.388. The third-order valence-corrected chi connectivity index (χ3v) is 5.11. The van der Waals surface area contributed by atoms with Gasteiger partial charge in [0.05, 0.1) is 16.3 Å². The molecule has 4 rings (SSSR count). The number of carbonyl (C=O) groups excluding carboxylic acids is 1. The number of nitrogens with zero attached hydrogens (tertiary/aromatic N) is 1. The molecule has 0 spiro atoms. The van der Waals surface area contributed by atoms with Crippen molar-refractivity contribution in [3.05, 3.63) is 106 Å². The predicted octanol–water partition coefficient (Wildman–Crippen LogP) is 4.93. The molecule has 2 aromatic carbocycles. The number of carbonyl (C=O) groups is 1. The predicted molar refractivity (Wildman–Crippen MR) is 109 cm³/mol. The van der Waals surface area contributed by atoms with E-state index in [-0.39, 0.29) is 17.3 Å². The molecule has 0 atom stereocenters. The van der Waals surface area contributed by atoms with Crippen LogP contribution in [-0.4, -0.2) is 15.3 Å². The van der Waals surface area contributed by atoms with Crippen LogP contribution in [0.3, 0.4) is 0 Å². The molecule has 0 bridgehead atoms. The van der Waals surface area contributed by atoms with Gasteiger partial charge >= 0.3 is 5.69 Å². The van der Waals surface area contributed by atoms with E-state index in [1.165, 1.54) is 34.1 Å². The van der Waals surface area contributed by atoms with Gasteiger partial charge in [0.2, 0.25) is 0 Å². The first kappa shape index (κ1) is 17.9. The lowest BCUT2D eigenvalue weighted by atomic mass is 10.1. The smallest absolute Gasteiger partial charge is 0.305 e. The Morgan fingerprint density at radius 1 is 1.07 bits per heavy atom. The van der Waals surface area contributed by atoms with Gasteiger partial charge in [-0.3, -0.25) is 9.36 Å². The van der Waals surface area contributed by atoms with Crippen LogP contribution in [0.5, 0.6) is 0 Å². The normalized spacial score (nSPS) is 11.2. The summed E-state index contributed by atoms with van der Waals surface area (Å²) >= 11 is 1.54. The van der Waals surface area contributed by atoms with E-state index in [2.05, 4.69) is 4.98 Å². The number of aromatic amines is 1. The fraction of sp³-hybridized carbons (Fsp3) is 0. The summed E-state index contributed by atoms with van der Waals surface area (Å²) in [6.45, 7) is 0. The second-order valence-electron chi connectivity index (χ2n) is 6.12. The van der Waals surface area contributed by atoms with E-state index in [4.69, 9.17) is 0 Å². The Kier molecular flexibility index (Phi) is 4.87. The number of aromatic nitrogens is 2. The number of imidazole rings is 1. The highest BCUT2D eigenvalue weighted by atomic mass is 32.1. The molecule has 0 aliphatic heterocycles. The first-order valence-corrected chi connectivity index (χ1v) is 9.42. The molecule has 0 saturated carbocycles. The van der Waals surface area contributed by atoms with Crippen molar-refractivity contribution < 1.29 is 9.18 Å². The van der Waals surface area contributed by atoms with E-state index in [1.54, 1.807) is 48.7 Å². The van der Waals surface area contributed by atoms with E-state index >= 15 is 0 Å². The molecule has 0 aliphatic carbocycles. The van der Waals surface area contributed by atoms with Crippen LogP contribution in [0.1, 0.15) is 15.9 Å². The van der Waals surface area contributed by atoms with E-state index in [0.29, 0.717) is 11.3 Å². The Balaban J connectivity index is 1.60. The van der Waals surface area contributed by atoms with Crippen molar-refractivity contribution in [3.63, 3.8) is 0 Å². The van der Waals surface area contributed by atoms with Crippen LogP contribution in [0.2, 0.25) is 0 Å². The Bertz CT molecular complexity index is 1200. The van der Waals surface area contributed by atoms with Crippen LogP contribution >= 0.6 is 11.3 Å². The highest BCUT2D eigenvalue weighted by Gasteiger charge is 2.10. The summed E-state index contributed by atoms with van der Waals surface area (Å²) in [7, 11) is 0. The van der Waals surface area contributed by atoms with Crippen molar-refractivity contribution in [3.8, 4) is 16.3 Å². The molecule has 0 fully saturated rings. The number of H-pyrrole nitrogens is 1. The lowest BCUT2D eigenvalue weighted by Gasteiger charge is -2.03. The van der Waals surface area contributed by atoms with E-state index in [0.717, 1.165) is 16.1 Å². The van der Waals surface area contributed by atoms with Gasteiger partial charge < -0.3 is 4.98 Å². The maximum absolute atomic E-state index is 13.0. The third-order valence-electron chi connectivity index (χ3n) is 4.21. The number of benzene rings is 2. The van der Waals surface area contributed by atoms with Crippen molar-refractivity contribution in [1.29, 1.82) is 0 Å². The average molecular weight is 390 g/mol. The van der Waals surface area contributed by atoms with Gasteiger partial charge in [-0.25, -0.2) is 9.18 Å². The largest absolute Gasteiger partial charge is 0.330 e. The zero-order valence-corrected chi connectivity index (χ0v) is 15.4. The zero-order chi connectivity index (χ0) is 19.5. The Labute approximate surface area is 164 Å². The van der Waals surface area contributed by atoms with Gasteiger partial charge in [-0.2, -0.15) is 0 Å². The van der Waals surface area contributed by atoms with Crippen LogP contribution in [0.4, 0.5) is 4.39 Å². The summed E-state index contributed by atoms with van der Waals surface area (Å²) in [4.78, 5) is 28.6. The maximum Gasteiger partial charge on any atom is 0.330 e. The van der Waals surface area contributed by atoms with Gasteiger partial charge in [0, 0.05) is 11.8 Å². The monoisotopic (exact) mass is 390 g/mol. The third kappa shape index (κ3) is 3.77.